The van der Waals surface area contributed by atoms with Gasteiger partial charge in [-0.1, -0.05) is 20.3 Å². The highest BCUT2D eigenvalue weighted by molar-refractivity contribution is 5.93. The van der Waals surface area contributed by atoms with Crippen molar-refractivity contribution in [2.24, 2.45) is 33.8 Å². The Kier molecular flexibility index (Phi) is 13.0. The molecule has 0 rings (SSSR count). The molecule has 0 aliphatic rings. The summed E-state index contributed by atoms with van der Waals surface area (Å²) in [6.07, 6.45) is 0.522. The SMILES string of the molecule is CCC(C)C(NC(=O)CNC(=O)C(CCCN=C(N)N)NC(=O)C(N)CC(N)=O)C(=O)O. The standard InChI is InChI=1S/C18H34N8O6/c1-3-9(2)14(17(31)32)26-13(28)8-24-16(30)11(5-4-6-23-18(21)22)25-15(29)10(19)7-12(20)27/h9-11,14H,3-8,19H2,1-2H3,(H2,20,27)(H,24,30)(H,25,29)(H,26,28)(H,31,32)(H4,21,22,23). The molecule has 0 radical (unpaired) electrons. The third-order valence-electron chi connectivity index (χ3n) is 4.55. The molecule has 32 heavy (non-hydrogen) atoms. The largest absolute Gasteiger partial charge is 0.480 e. The zero-order valence-corrected chi connectivity index (χ0v) is 18.3. The van der Waals surface area contributed by atoms with Gasteiger partial charge in [0.25, 0.3) is 0 Å². The highest BCUT2D eigenvalue weighted by Gasteiger charge is 2.27. The van der Waals surface area contributed by atoms with Gasteiger partial charge in [-0.2, -0.15) is 0 Å². The summed E-state index contributed by atoms with van der Waals surface area (Å²) in [6, 6.07) is -3.46. The number of carbonyl (C=O) groups excluding carboxylic acids is 4. The number of primary amides is 1. The molecule has 0 aliphatic carbocycles. The fraction of sp³-hybridized carbons (Fsp3) is 0.667. The molecule has 12 N–H and O–H groups in total. The Labute approximate surface area is 185 Å². The molecule has 0 aliphatic heterocycles. The maximum atomic E-state index is 12.5. The molecule has 14 nitrogen and oxygen atoms in total. The van der Waals surface area contributed by atoms with Crippen LogP contribution in [0.1, 0.15) is 39.5 Å². The van der Waals surface area contributed by atoms with Crippen LogP contribution >= 0.6 is 0 Å². The topological polar surface area (TPSA) is 258 Å². The van der Waals surface area contributed by atoms with Gasteiger partial charge in [0.1, 0.15) is 12.1 Å². The van der Waals surface area contributed by atoms with Crippen molar-refractivity contribution in [2.75, 3.05) is 13.1 Å². The van der Waals surface area contributed by atoms with E-state index >= 15 is 0 Å². The van der Waals surface area contributed by atoms with Gasteiger partial charge in [-0.05, 0) is 18.8 Å². The first kappa shape index (κ1) is 28.6. The maximum absolute atomic E-state index is 12.5. The molecular formula is C18H34N8O6. The molecule has 0 spiro atoms. The fourth-order valence-corrected chi connectivity index (χ4v) is 2.56. The van der Waals surface area contributed by atoms with E-state index in [1.165, 1.54) is 0 Å². The van der Waals surface area contributed by atoms with E-state index in [1.54, 1.807) is 13.8 Å². The zero-order valence-electron chi connectivity index (χ0n) is 18.3. The van der Waals surface area contributed by atoms with E-state index in [9.17, 15) is 29.1 Å². The number of amides is 4. The minimum Gasteiger partial charge on any atom is -0.480 e. The number of aliphatic imine (C=N–C) groups is 1. The van der Waals surface area contributed by atoms with Gasteiger partial charge in [-0.15, -0.1) is 0 Å². The van der Waals surface area contributed by atoms with E-state index in [-0.39, 0.29) is 24.8 Å². The van der Waals surface area contributed by atoms with Gasteiger partial charge in [-0.3, -0.25) is 24.2 Å². The Balaban J connectivity index is 5.03. The van der Waals surface area contributed by atoms with Crippen LogP contribution in [0.3, 0.4) is 0 Å². The smallest absolute Gasteiger partial charge is 0.326 e. The number of aliphatic carboxylic acids is 1. The quantitative estimate of drug-likeness (QED) is 0.0685. The van der Waals surface area contributed by atoms with Crippen LogP contribution in [0.5, 0.6) is 0 Å². The number of carboxylic acids is 1. The first-order valence-corrected chi connectivity index (χ1v) is 10.1. The lowest BCUT2D eigenvalue weighted by Gasteiger charge is -2.22. The van der Waals surface area contributed by atoms with Gasteiger partial charge in [0.2, 0.25) is 23.6 Å². The van der Waals surface area contributed by atoms with Gasteiger partial charge in [0, 0.05) is 6.54 Å². The highest BCUT2D eigenvalue weighted by atomic mass is 16.4. The number of nitrogens with zero attached hydrogens (tertiary/aromatic N) is 1. The summed E-state index contributed by atoms with van der Waals surface area (Å²) in [6.45, 7) is 3.14. The first-order chi connectivity index (χ1) is 14.9. The second kappa shape index (κ2) is 14.6. The number of hydrogen-bond donors (Lipinski definition) is 8. The first-order valence-electron chi connectivity index (χ1n) is 10.1. The molecule has 182 valence electrons. The Morgan fingerprint density at radius 2 is 1.66 bits per heavy atom. The lowest BCUT2D eigenvalue weighted by atomic mass is 9.99. The summed E-state index contributed by atoms with van der Waals surface area (Å²) in [5, 5.41) is 16.3. The monoisotopic (exact) mass is 458 g/mol. The minimum absolute atomic E-state index is 0.101. The van der Waals surface area contributed by atoms with E-state index in [4.69, 9.17) is 22.9 Å². The van der Waals surface area contributed by atoms with Crippen molar-refractivity contribution in [1.82, 2.24) is 16.0 Å². The average molecular weight is 459 g/mol. The third-order valence-corrected chi connectivity index (χ3v) is 4.55. The van der Waals surface area contributed by atoms with Gasteiger partial charge in [0.05, 0.1) is 19.0 Å². The number of nitrogens with two attached hydrogens (primary N) is 4. The highest BCUT2D eigenvalue weighted by Crippen LogP contribution is 2.07. The van der Waals surface area contributed by atoms with Gasteiger partial charge in [0.15, 0.2) is 5.96 Å². The number of carboxylic acid groups (broad SMARTS) is 1. The molecule has 4 unspecified atom stereocenters. The number of rotatable bonds is 15. The molecule has 0 aromatic heterocycles. The molecule has 14 heteroatoms. The van der Waals surface area contributed by atoms with E-state index in [1.807, 2.05) is 0 Å². The van der Waals surface area contributed by atoms with E-state index < -0.39 is 60.7 Å². The molecule has 0 aromatic carbocycles. The van der Waals surface area contributed by atoms with Crippen LogP contribution in [0, 0.1) is 5.92 Å². The lowest BCUT2D eigenvalue weighted by molar-refractivity contribution is -0.143. The van der Waals surface area contributed by atoms with Crippen molar-refractivity contribution in [3.05, 3.63) is 0 Å². The summed E-state index contributed by atoms with van der Waals surface area (Å²) in [5.74, 6) is -4.62. The summed E-state index contributed by atoms with van der Waals surface area (Å²) in [7, 11) is 0. The normalized spacial score (nSPS) is 14.2. The molecular weight excluding hydrogens is 424 g/mol. The van der Waals surface area contributed by atoms with Gasteiger partial charge in [-0.25, -0.2) is 4.79 Å². The summed E-state index contributed by atoms with van der Waals surface area (Å²) < 4.78 is 0. The van der Waals surface area contributed by atoms with Crippen LogP contribution in [0.15, 0.2) is 4.99 Å². The second-order valence-electron chi connectivity index (χ2n) is 7.27. The molecule has 0 heterocycles. The molecule has 0 saturated heterocycles. The van der Waals surface area contributed by atoms with E-state index in [2.05, 4.69) is 20.9 Å². The Hall–Kier alpha value is -3.42. The second-order valence-corrected chi connectivity index (χ2v) is 7.27. The number of nitrogens with one attached hydrogen (secondary N) is 3. The minimum atomic E-state index is -1.25. The molecule has 0 aromatic rings. The van der Waals surface area contributed by atoms with Crippen LogP contribution in [0.2, 0.25) is 0 Å². The number of carbonyl (C=O) groups is 5. The average Bonchev–Trinajstić information content (AvgIpc) is 2.70. The van der Waals surface area contributed by atoms with Crippen LogP contribution in [-0.4, -0.2) is 71.9 Å². The molecule has 0 saturated carbocycles. The Bertz CT molecular complexity index is 710. The molecule has 4 atom stereocenters. The fourth-order valence-electron chi connectivity index (χ4n) is 2.56. The number of hydrogen-bond acceptors (Lipinski definition) is 7. The van der Waals surface area contributed by atoms with Crippen LogP contribution < -0.4 is 38.9 Å². The summed E-state index contributed by atoms with van der Waals surface area (Å²) >= 11 is 0. The summed E-state index contributed by atoms with van der Waals surface area (Å²) in [5.41, 5.74) is 21.1. The van der Waals surface area contributed by atoms with Crippen molar-refractivity contribution < 1.29 is 29.1 Å². The van der Waals surface area contributed by atoms with Crippen molar-refractivity contribution in [3.8, 4) is 0 Å². The molecule has 0 bridgehead atoms. The Morgan fingerprint density at radius 1 is 1.03 bits per heavy atom. The van der Waals surface area contributed by atoms with Crippen LogP contribution in [0.4, 0.5) is 0 Å². The lowest BCUT2D eigenvalue weighted by Crippen LogP contribution is -2.54. The van der Waals surface area contributed by atoms with Gasteiger partial charge >= 0.3 is 5.97 Å². The van der Waals surface area contributed by atoms with E-state index in [0.29, 0.717) is 12.8 Å². The van der Waals surface area contributed by atoms with Gasteiger partial charge < -0.3 is 44.0 Å². The molecule has 0 fully saturated rings. The van der Waals surface area contributed by atoms with E-state index in [0.717, 1.165) is 0 Å². The van der Waals surface area contributed by atoms with Crippen LogP contribution in [0.25, 0.3) is 0 Å². The maximum Gasteiger partial charge on any atom is 0.326 e. The molecule has 4 amide bonds. The van der Waals surface area contributed by atoms with Crippen molar-refractivity contribution in [3.63, 3.8) is 0 Å². The van der Waals surface area contributed by atoms with Crippen molar-refractivity contribution in [1.29, 1.82) is 0 Å². The zero-order chi connectivity index (χ0) is 24.8. The summed E-state index contributed by atoms with van der Waals surface area (Å²) in [4.78, 5) is 62.8. The van der Waals surface area contributed by atoms with Crippen LogP contribution in [-0.2, 0) is 24.0 Å². The predicted molar refractivity (Wildman–Crippen MR) is 116 cm³/mol. The number of guanidine groups is 1. The Morgan fingerprint density at radius 3 is 2.16 bits per heavy atom. The van der Waals surface area contributed by atoms with Crippen molar-refractivity contribution in [2.45, 2.75) is 57.7 Å². The third kappa shape index (κ3) is 11.7. The van der Waals surface area contributed by atoms with Crippen molar-refractivity contribution >= 4 is 35.6 Å². The predicted octanol–water partition coefficient (Wildman–Crippen LogP) is -3.54.